The molecule has 1 fully saturated rings. The van der Waals surface area contributed by atoms with Crippen LogP contribution in [0.4, 0.5) is 0 Å². The zero-order valence-corrected chi connectivity index (χ0v) is 10.9. The molecule has 0 bridgehead atoms. The minimum Gasteiger partial charge on any atom is -0.508 e. The largest absolute Gasteiger partial charge is 0.508 e. The van der Waals surface area contributed by atoms with E-state index in [4.69, 9.17) is 5.73 Å². The van der Waals surface area contributed by atoms with E-state index >= 15 is 0 Å². The van der Waals surface area contributed by atoms with Gasteiger partial charge in [-0.3, -0.25) is 9.59 Å². The van der Waals surface area contributed by atoms with Crippen LogP contribution in [0.15, 0.2) is 18.2 Å². The van der Waals surface area contributed by atoms with E-state index in [0.717, 1.165) is 12.8 Å². The van der Waals surface area contributed by atoms with Gasteiger partial charge in [-0.2, -0.15) is 0 Å². The summed E-state index contributed by atoms with van der Waals surface area (Å²) in [6.45, 7) is 2.69. The highest BCUT2D eigenvalue weighted by molar-refractivity contribution is 5.96. The van der Waals surface area contributed by atoms with E-state index in [-0.39, 0.29) is 23.5 Å². The molecular weight excluding hydrogens is 244 g/mol. The number of phenols is 1. The van der Waals surface area contributed by atoms with Crippen molar-refractivity contribution in [2.45, 2.75) is 19.8 Å². The molecule has 0 aliphatic carbocycles. The summed E-state index contributed by atoms with van der Waals surface area (Å²) in [5, 5.41) is 9.64. The van der Waals surface area contributed by atoms with Crippen LogP contribution in [0.5, 0.6) is 5.75 Å². The third-order valence-corrected chi connectivity index (χ3v) is 3.65. The first kappa shape index (κ1) is 13.4. The quantitative estimate of drug-likeness (QED) is 0.835. The van der Waals surface area contributed by atoms with Crippen LogP contribution in [-0.4, -0.2) is 34.9 Å². The standard InChI is InChI=1S/C14H18N2O3/c1-9-11(5-2-6-12(9)17)14(19)16-7-3-4-10(8-16)13(15)18/h2,5-6,10,17H,3-4,7-8H2,1H3,(H2,15,18). The number of carbonyl (C=O) groups is 2. The number of phenolic OH excluding ortho intramolecular Hbond substituents is 1. The molecule has 5 nitrogen and oxygen atoms in total. The molecule has 3 N–H and O–H groups in total. The van der Waals surface area contributed by atoms with Gasteiger partial charge in [0, 0.05) is 24.2 Å². The van der Waals surface area contributed by atoms with Crippen LogP contribution in [0.3, 0.4) is 0 Å². The summed E-state index contributed by atoms with van der Waals surface area (Å²) in [5.41, 5.74) is 6.35. The maximum Gasteiger partial charge on any atom is 0.254 e. The summed E-state index contributed by atoms with van der Waals surface area (Å²) in [6, 6.07) is 4.88. The first-order chi connectivity index (χ1) is 9.00. The fraction of sp³-hybridized carbons (Fsp3) is 0.429. The first-order valence-corrected chi connectivity index (χ1v) is 6.38. The summed E-state index contributed by atoms with van der Waals surface area (Å²) in [4.78, 5) is 25.3. The Labute approximate surface area is 112 Å². The van der Waals surface area contributed by atoms with Crippen LogP contribution in [0.2, 0.25) is 0 Å². The molecule has 0 spiro atoms. The second-order valence-corrected chi connectivity index (χ2v) is 4.94. The summed E-state index contributed by atoms with van der Waals surface area (Å²) < 4.78 is 0. The number of rotatable bonds is 2. The smallest absolute Gasteiger partial charge is 0.254 e. The van der Waals surface area contributed by atoms with Gasteiger partial charge in [0.05, 0.1) is 5.92 Å². The Balaban J connectivity index is 2.19. The van der Waals surface area contributed by atoms with Crippen molar-refractivity contribution in [2.24, 2.45) is 11.7 Å². The third-order valence-electron chi connectivity index (χ3n) is 3.65. The van der Waals surface area contributed by atoms with Gasteiger partial charge >= 0.3 is 0 Å². The van der Waals surface area contributed by atoms with Gasteiger partial charge in [-0.25, -0.2) is 0 Å². The molecular formula is C14H18N2O3. The van der Waals surface area contributed by atoms with Crippen molar-refractivity contribution in [2.75, 3.05) is 13.1 Å². The first-order valence-electron chi connectivity index (χ1n) is 6.38. The van der Waals surface area contributed by atoms with Crippen LogP contribution in [-0.2, 0) is 4.79 Å². The van der Waals surface area contributed by atoms with E-state index < -0.39 is 0 Å². The predicted molar refractivity (Wildman–Crippen MR) is 70.7 cm³/mol. The third kappa shape index (κ3) is 2.70. The Morgan fingerprint density at radius 3 is 2.84 bits per heavy atom. The second-order valence-electron chi connectivity index (χ2n) is 4.94. The molecule has 0 aromatic heterocycles. The Kier molecular flexibility index (Phi) is 3.74. The van der Waals surface area contributed by atoms with Gasteiger partial charge in [0.1, 0.15) is 5.75 Å². The second kappa shape index (κ2) is 5.30. The van der Waals surface area contributed by atoms with Crippen molar-refractivity contribution in [1.29, 1.82) is 0 Å². The van der Waals surface area contributed by atoms with Crippen molar-refractivity contribution >= 4 is 11.8 Å². The van der Waals surface area contributed by atoms with E-state index in [1.807, 2.05) is 0 Å². The Bertz CT molecular complexity index is 513. The normalized spacial score (nSPS) is 19.2. The average Bonchev–Trinajstić information content (AvgIpc) is 2.41. The van der Waals surface area contributed by atoms with Gasteiger partial charge in [-0.1, -0.05) is 6.07 Å². The Hall–Kier alpha value is -2.04. The van der Waals surface area contributed by atoms with Gasteiger partial charge in [-0.15, -0.1) is 0 Å². The molecule has 1 aliphatic heterocycles. The Morgan fingerprint density at radius 2 is 2.16 bits per heavy atom. The maximum absolute atomic E-state index is 12.4. The minimum absolute atomic E-state index is 0.106. The van der Waals surface area contributed by atoms with Crippen molar-refractivity contribution in [3.05, 3.63) is 29.3 Å². The molecule has 0 radical (unpaired) electrons. The van der Waals surface area contributed by atoms with Gasteiger partial charge in [-0.05, 0) is 31.9 Å². The van der Waals surface area contributed by atoms with Gasteiger partial charge < -0.3 is 15.7 Å². The van der Waals surface area contributed by atoms with Crippen LogP contribution in [0, 0.1) is 12.8 Å². The number of aromatic hydroxyl groups is 1. The minimum atomic E-state index is -0.356. The van der Waals surface area contributed by atoms with Crippen molar-refractivity contribution in [3.63, 3.8) is 0 Å². The van der Waals surface area contributed by atoms with E-state index in [9.17, 15) is 14.7 Å². The maximum atomic E-state index is 12.4. The lowest BCUT2D eigenvalue weighted by Gasteiger charge is -2.31. The SMILES string of the molecule is Cc1c(O)cccc1C(=O)N1CCCC(C(N)=O)C1. The molecule has 1 aliphatic rings. The molecule has 1 heterocycles. The predicted octanol–water partition coefficient (Wildman–Crippen LogP) is 1.04. The zero-order chi connectivity index (χ0) is 14.0. The van der Waals surface area contributed by atoms with Crippen molar-refractivity contribution in [3.8, 4) is 5.75 Å². The number of nitrogens with zero attached hydrogens (tertiary/aromatic N) is 1. The number of primary amides is 1. The summed E-state index contributed by atoms with van der Waals surface area (Å²) in [6.07, 6.45) is 1.51. The molecule has 19 heavy (non-hydrogen) atoms. The molecule has 2 amide bonds. The Morgan fingerprint density at radius 1 is 1.42 bits per heavy atom. The molecule has 1 aromatic carbocycles. The van der Waals surface area contributed by atoms with Crippen LogP contribution in [0.25, 0.3) is 0 Å². The number of amides is 2. The van der Waals surface area contributed by atoms with Gasteiger partial charge in [0.2, 0.25) is 5.91 Å². The molecule has 102 valence electrons. The van der Waals surface area contributed by atoms with Crippen LogP contribution >= 0.6 is 0 Å². The summed E-state index contributed by atoms with van der Waals surface area (Å²) >= 11 is 0. The lowest BCUT2D eigenvalue weighted by molar-refractivity contribution is -0.123. The monoisotopic (exact) mass is 262 g/mol. The molecule has 1 atom stereocenters. The number of hydrogen-bond donors (Lipinski definition) is 2. The zero-order valence-electron chi connectivity index (χ0n) is 10.9. The van der Waals surface area contributed by atoms with Crippen molar-refractivity contribution in [1.82, 2.24) is 4.90 Å². The van der Waals surface area contributed by atoms with Gasteiger partial charge in [0.25, 0.3) is 5.91 Å². The van der Waals surface area contributed by atoms with Crippen molar-refractivity contribution < 1.29 is 14.7 Å². The highest BCUT2D eigenvalue weighted by Crippen LogP contribution is 2.23. The average molecular weight is 262 g/mol. The van der Waals surface area contributed by atoms with E-state index in [1.165, 1.54) is 0 Å². The number of carbonyl (C=O) groups excluding carboxylic acids is 2. The molecule has 0 saturated carbocycles. The van der Waals surface area contributed by atoms with E-state index in [2.05, 4.69) is 0 Å². The number of likely N-dealkylation sites (tertiary alicyclic amines) is 1. The molecule has 1 aromatic rings. The summed E-state index contributed by atoms with van der Waals surface area (Å²) in [5.74, 6) is -0.672. The van der Waals surface area contributed by atoms with Gasteiger partial charge in [0.15, 0.2) is 0 Å². The number of benzene rings is 1. The number of piperidine rings is 1. The fourth-order valence-electron chi connectivity index (χ4n) is 2.42. The summed E-state index contributed by atoms with van der Waals surface area (Å²) in [7, 11) is 0. The molecule has 1 unspecified atom stereocenters. The highest BCUT2D eigenvalue weighted by atomic mass is 16.3. The number of hydrogen-bond acceptors (Lipinski definition) is 3. The molecule has 1 saturated heterocycles. The number of nitrogens with two attached hydrogens (primary N) is 1. The van der Waals surface area contributed by atoms with E-state index in [1.54, 1.807) is 30.0 Å². The molecule has 5 heteroatoms. The highest BCUT2D eigenvalue weighted by Gasteiger charge is 2.28. The van der Waals surface area contributed by atoms with Crippen LogP contribution in [0.1, 0.15) is 28.8 Å². The lowest BCUT2D eigenvalue weighted by atomic mass is 9.96. The molecule has 2 rings (SSSR count). The topological polar surface area (TPSA) is 83.6 Å². The fourth-order valence-corrected chi connectivity index (χ4v) is 2.42. The van der Waals surface area contributed by atoms with E-state index in [0.29, 0.717) is 24.2 Å². The van der Waals surface area contributed by atoms with Crippen LogP contribution < -0.4 is 5.73 Å². The lowest BCUT2D eigenvalue weighted by Crippen LogP contribution is -2.44.